The molecule has 1 N–H and O–H groups in total. The number of hydrogen-bond donors (Lipinski definition) is 1. The average Bonchev–Trinajstić information content (AvgIpc) is 3.40. The molecule has 8 nitrogen and oxygen atoms in total. The van der Waals surface area contributed by atoms with Crippen molar-refractivity contribution in [2.45, 2.75) is 38.0 Å². The molecule has 0 radical (unpaired) electrons. The number of anilines is 1. The molecule has 4 heterocycles. The van der Waals surface area contributed by atoms with Gasteiger partial charge in [-0.05, 0) is 44.2 Å². The van der Waals surface area contributed by atoms with Gasteiger partial charge < -0.3 is 4.90 Å². The van der Waals surface area contributed by atoms with Gasteiger partial charge in [-0.25, -0.2) is 9.97 Å². The number of rotatable bonds is 3. The second-order valence-corrected chi connectivity index (χ2v) is 6.92. The van der Waals surface area contributed by atoms with Gasteiger partial charge in [0.2, 0.25) is 0 Å². The molecule has 2 aliphatic rings. The molecule has 0 bridgehead atoms. The monoisotopic (exact) mass is 348 g/mol. The minimum atomic E-state index is 0.285. The van der Waals surface area contributed by atoms with E-state index in [2.05, 4.69) is 30.5 Å². The Morgan fingerprint density at radius 2 is 2.12 bits per heavy atom. The van der Waals surface area contributed by atoms with Gasteiger partial charge in [0.15, 0.2) is 11.6 Å². The number of aromatic amines is 1. The summed E-state index contributed by atoms with van der Waals surface area (Å²) in [7, 11) is 0. The fourth-order valence-corrected chi connectivity index (χ4v) is 4.01. The quantitative estimate of drug-likeness (QED) is 0.772. The van der Waals surface area contributed by atoms with Crippen molar-refractivity contribution in [1.29, 1.82) is 0 Å². The van der Waals surface area contributed by atoms with Gasteiger partial charge in [-0.15, -0.1) is 10.2 Å². The first-order chi connectivity index (χ1) is 12.9. The largest absolute Gasteiger partial charge is 0.356 e. The fraction of sp³-hybridized carbons (Fsp3) is 0.444. The number of hydrogen-bond acceptors (Lipinski definition) is 7. The van der Waals surface area contributed by atoms with Crippen molar-refractivity contribution >= 4 is 5.82 Å². The highest BCUT2D eigenvalue weighted by atomic mass is 15.5. The summed E-state index contributed by atoms with van der Waals surface area (Å²) >= 11 is 0. The number of pyridine rings is 1. The van der Waals surface area contributed by atoms with Crippen LogP contribution in [-0.2, 0) is 12.8 Å². The van der Waals surface area contributed by atoms with Gasteiger partial charge >= 0.3 is 0 Å². The van der Waals surface area contributed by atoms with E-state index in [1.54, 1.807) is 6.20 Å². The lowest BCUT2D eigenvalue weighted by Crippen LogP contribution is -2.36. The van der Waals surface area contributed by atoms with Gasteiger partial charge in [-0.2, -0.15) is 5.21 Å². The molecular weight excluding hydrogens is 328 g/mol. The summed E-state index contributed by atoms with van der Waals surface area (Å²) in [5.74, 6) is 2.88. The van der Waals surface area contributed by atoms with Crippen LogP contribution < -0.4 is 4.90 Å². The third-order valence-electron chi connectivity index (χ3n) is 5.25. The first kappa shape index (κ1) is 15.4. The van der Waals surface area contributed by atoms with E-state index in [1.807, 2.05) is 18.2 Å². The summed E-state index contributed by atoms with van der Waals surface area (Å²) in [6.45, 7) is 1.87. The van der Waals surface area contributed by atoms with Crippen LogP contribution in [0.3, 0.4) is 0 Å². The first-order valence-corrected chi connectivity index (χ1v) is 9.18. The molecule has 8 heteroatoms. The van der Waals surface area contributed by atoms with Crippen LogP contribution in [-0.4, -0.2) is 48.7 Å². The predicted molar refractivity (Wildman–Crippen MR) is 95.7 cm³/mol. The van der Waals surface area contributed by atoms with E-state index in [0.29, 0.717) is 0 Å². The van der Waals surface area contributed by atoms with Crippen LogP contribution in [0.5, 0.6) is 0 Å². The van der Waals surface area contributed by atoms with Gasteiger partial charge in [0, 0.05) is 36.5 Å². The van der Waals surface area contributed by atoms with Crippen LogP contribution in [0, 0.1) is 0 Å². The molecule has 0 unspecified atom stereocenters. The Balaban J connectivity index is 1.52. The molecule has 0 saturated carbocycles. The zero-order valence-electron chi connectivity index (χ0n) is 14.5. The highest BCUT2D eigenvalue weighted by Crippen LogP contribution is 2.34. The number of H-pyrrole nitrogens is 1. The van der Waals surface area contributed by atoms with E-state index in [1.165, 1.54) is 11.3 Å². The Hall–Kier alpha value is -2.90. The molecule has 0 spiro atoms. The maximum atomic E-state index is 4.94. The number of tetrazole rings is 1. The molecule has 3 aromatic rings. The van der Waals surface area contributed by atoms with Gasteiger partial charge in [0.05, 0.1) is 0 Å². The zero-order valence-corrected chi connectivity index (χ0v) is 14.5. The minimum absolute atomic E-state index is 0.285. The molecular formula is C18H20N8. The molecule has 0 aromatic carbocycles. The van der Waals surface area contributed by atoms with Crippen molar-refractivity contribution < 1.29 is 0 Å². The molecule has 1 atom stereocenters. The smallest absolute Gasteiger partial charge is 0.180 e. The summed E-state index contributed by atoms with van der Waals surface area (Å²) in [6, 6.07) is 5.86. The topological polar surface area (TPSA) is 96.4 Å². The van der Waals surface area contributed by atoms with Gasteiger partial charge in [-0.1, -0.05) is 11.3 Å². The summed E-state index contributed by atoms with van der Waals surface area (Å²) in [5.41, 5.74) is 3.31. The van der Waals surface area contributed by atoms with E-state index in [0.717, 1.165) is 68.4 Å². The highest BCUT2D eigenvalue weighted by Gasteiger charge is 2.29. The lowest BCUT2D eigenvalue weighted by atomic mass is 9.97. The molecule has 0 amide bonds. The van der Waals surface area contributed by atoms with Crippen molar-refractivity contribution in [3.05, 3.63) is 41.5 Å². The molecule has 5 rings (SSSR count). The Morgan fingerprint density at radius 1 is 1.12 bits per heavy atom. The van der Waals surface area contributed by atoms with E-state index in [-0.39, 0.29) is 5.92 Å². The number of nitrogens with one attached hydrogen (secondary N) is 1. The summed E-state index contributed by atoms with van der Waals surface area (Å²) in [6.07, 6.45) is 7.18. The van der Waals surface area contributed by atoms with Crippen LogP contribution >= 0.6 is 0 Å². The molecule has 1 saturated heterocycles. The third-order valence-corrected chi connectivity index (χ3v) is 5.25. The molecule has 132 valence electrons. The lowest BCUT2D eigenvalue weighted by Gasteiger charge is -2.33. The van der Waals surface area contributed by atoms with Gasteiger partial charge in [-0.3, -0.25) is 4.98 Å². The fourth-order valence-electron chi connectivity index (χ4n) is 4.01. The normalized spacial score (nSPS) is 19.5. The van der Waals surface area contributed by atoms with Crippen molar-refractivity contribution in [3.63, 3.8) is 0 Å². The lowest BCUT2D eigenvalue weighted by molar-refractivity contribution is 0.488. The van der Waals surface area contributed by atoms with Crippen LogP contribution in [0.1, 0.15) is 42.3 Å². The van der Waals surface area contributed by atoms with E-state index in [9.17, 15) is 0 Å². The highest BCUT2D eigenvalue weighted by molar-refractivity contribution is 5.59. The number of aromatic nitrogens is 7. The number of aryl methyl sites for hydroxylation is 1. The summed E-state index contributed by atoms with van der Waals surface area (Å²) in [4.78, 5) is 16.6. The molecule has 1 fully saturated rings. The molecule has 3 aromatic heterocycles. The van der Waals surface area contributed by atoms with E-state index < -0.39 is 0 Å². The molecule has 1 aliphatic heterocycles. The van der Waals surface area contributed by atoms with Crippen LogP contribution in [0.4, 0.5) is 5.82 Å². The maximum absolute atomic E-state index is 4.94. The maximum Gasteiger partial charge on any atom is 0.180 e. The Labute approximate surface area is 151 Å². The SMILES string of the molecule is c1ccc(-c2nc3c(c(N4CCC[C@@H](c5nn[nH]n5)C4)n2)CCC3)nc1. The average molecular weight is 348 g/mol. The van der Waals surface area contributed by atoms with Crippen LogP contribution in [0.2, 0.25) is 0 Å². The van der Waals surface area contributed by atoms with E-state index in [4.69, 9.17) is 9.97 Å². The first-order valence-electron chi connectivity index (χ1n) is 9.18. The van der Waals surface area contributed by atoms with Crippen molar-refractivity contribution in [3.8, 4) is 11.5 Å². The number of nitrogens with zero attached hydrogens (tertiary/aromatic N) is 7. The second kappa shape index (κ2) is 6.44. The Morgan fingerprint density at radius 3 is 2.96 bits per heavy atom. The molecule has 1 aliphatic carbocycles. The summed E-state index contributed by atoms with van der Waals surface area (Å²) < 4.78 is 0. The van der Waals surface area contributed by atoms with Gasteiger partial charge in [0.1, 0.15) is 11.5 Å². The van der Waals surface area contributed by atoms with Crippen molar-refractivity contribution in [2.75, 3.05) is 18.0 Å². The third kappa shape index (κ3) is 2.71. The number of fused-ring (bicyclic) bond motifs is 1. The standard InChI is InChI=1S/C18H20N8/c1-2-9-19-15(7-1)17-20-14-8-3-6-13(14)18(21-17)26-10-4-5-12(11-26)16-22-24-25-23-16/h1-2,7,9,12H,3-6,8,10-11H2,(H,22,23,24,25)/t12-/m1/s1. The minimum Gasteiger partial charge on any atom is -0.356 e. The Bertz CT molecular complexity index is 893. The van der Waals surface area contributed by atoms with Crippen LogP contribution in [0.15, 0.2) is 24.4 Å². The summed E-state index contributed by atoms with van der Waals surface area (Å²) in [5, 5.41) is 14.7. The predicted octanol–water partition coefficient (Wildman–Crippen LogP) is 1.92. The molecule has 26 heavy (non-hydrogen) atoms. The zero-order chi connectivity index (χ0) is 17.3. The van der Waals surface area contributed by atoms with Crippen molar-refractivity contribution in [1.82, 2.24) is 35.6 Å². The second-order valence-electron chi connectivity index (χ2n) is 6.92. The van der Waals surface area contributed by atoms with E-state index >= 15 is 0 Å². The number of piperidine rings is 1. The van der Waals surface area contributed by atoms with Crippen molar-refractivity contribution in [2.24, 2.45) is 0 Å². The Kier molecular flexibility index (Phi) is 3.80. The van der Waals surface area contributed by atoms with Gasteiger partial charge in [0.25, 0.3) is 0 Å². The van der Waals surface area contributed by atoms with Crippen LogP contribution in [0.25, 0.3) is 11.5 Å².